The molecule has 0 heterocycles. The number of esters is 4. The Hall–Kier alpha value is -5.24. The first-order chi connectivity index (χ1) is 32.4. The standard InChI is InChI=1S/C55H74BrN3O10/c1-53(2,3)67-48(61)32-30-46(51(64)69-55(7,8)9)58-52(65)57-45(50(63)68-54(4,5)6)20-14-15-33-59(34-37-23-28-39(56)29-24-37)49(62)38-26-21-36(22-27-38)25-31-47(60)66-35-44-42-18-12-10-16-40(42)41-17-11-13-19-43(41)44/h10-13,16-19,23-24,28-29,36,38,44-46H,14-15,20-22,25-27,30-35H2,1-9H3,(H2,57,58,65)/t36?,38?,45-,46-/m0/s1. The molecule has 3 aromatic carbocycles. The predicted molar refractivity (Wildman–Crippen MR) is 269 cm³/mol. The van der Waals surface area contributed by atoms with E-state index in [4.69, 9.17) is 18.9 Å². The van der Waals surface area contributed by atoms with E-state index in [9.17, 15) is 28.8 Å². The van der Waals surface area contributed by atoms with Gasteiger partial charge in [0.25, 0.3) is 0 Å². The zero-order valence-corrected chi connectivity index (χ0v) is 43.7. The predicted octanol–water partition coefficient (Wildman–Crippen LogP) is 10.7. The highest BCUT2D eigenvalue weighted by molar-refractivity contribution is 9.10. The van der Waals surface area contributed by atoms with E-state index in [-0.39, 0.29) is 43.0 Å². The molecule has 2 aliphatic rings. The molecule has 1 saturated carbocycles. The lowest BCUT2D eigenvalue weighted by molar-refractivity contribution is -0.159. The number of benzene rings is 3. The van der Waals surface area contributed by atoms with E-state index in [1.54, 1.807) is 62.3 Å². The highest BCUT2D eigenvalue weighted by Crippen LogP contribution is 2.44. The number of fused-ring (bicyclic) bond motifs is 3. The average Bonchev–Trinajstić information content (AvgIpc) is 3.59. The lowest BCUT2D eigenvalue weighted by atomic mass is 9.79. The van der Waals surface area contributed by atoms with E-state index < -0.39 is 52.8 Å². The molecule has 0 unspecified atom stereocenters. The van der Waals surface area contributed by atoms with Crippen molar-refractivity contribution in [1.82, 2.24) is 15.5 Å². The van der Waals surface area contributed by atoms with E-state index in [2.05, 4.69) is 50.8 Å². The summed E-state index contributed by atoms with van der Waals surface area (Å²) in [4.78, 5) is 82.1. The van der Waals surface area contributed by atoms with Crippen molar-refractivity contribution < 1.29 is 47.7 Å². The van der Waals surface area contributed by atoms with Gasteiger partial charge in [0.2, 0.25) is 5.91 Å². The van der Waals surface area contributed by atoms with Crippen LogP contribution in [0, 0.1) is 11.8 Å². The summed E-state index contributed by atoms with van der Waals surface area (Å²) in [6, 6.07) is 21.4. The normalized spacial score (nSPS) is 16.8. The molecule has 0 aromatic heterocycles. The number of halogens is 1. The molecule has 3 amide bonds. The smallest absolute Gasteiger partial charge is 0.329 e. The highest BCUT2D eigenvalue weighted by atomic mass is 79.9. The number of nitrogens with zero attached hydrogens (tertiary/aromatic N) is 1. The number of urea groups is 1. The number of hydrogen-bond acceptors (Lipinski definition) is 10. The lowest BCUT2D eigenvalue weighted by Gasteiger charge is -2.32. The van der Waals surface area contributed by atoms with Gasteiger partial charge in [0.05, 0.1) is 0 Å². The molecule has 0 spiro atoms. The first-order valence-corrected chi connectivity index (χ1v) is 25.4. The summed E-state index contributed by atoms with van der Waals surface area (Å²) in [6.45, 7) is 16.7. The number of carbonyl (C=O) groups excluding carboxylic acids is 6. The summed E-state index contributed by atoms with van der Waals surface area (Å²) < 4.78 is 23.5. The molecule has 2 aliphatic carbocycles. The molecule has 0 saturated heterocycles. The molecular formula is C55H74BrN3O10. The fourth-order valence-electron chi connectivity index (χ4n) is 8.95. The van der Waals surface area contributed by atoms with Gasteiger partial charge in [0.15, 0.2) is 0 Å². The number of amides is 3. The molecule has 1 fully saturated rings. The van der Waals surface area contributed by atoms with Gasteiger partial charge in [0, 0.05) is 42.2 Å². The van der Waals surface area contributed by atoms with Gasteiger partial charge in [-0.3, -0.25) is 14.4 Å². The number of unbranched alkanes of at least 4 members (excludes halogenated alkanes) is 1. The summed E-state index contributed by atoms with van der Waals surface area (Å²) in [5.74, 6) is -1.82. The molecule has 0 aliphatic heterocycles. The fraction of sp³-hybridized carbons (Fsp3) is 0.564. The van der Waals surface area contributed by atoms with Gasteiger partial charge < -0.3 is 34.5 Å². The van der Waals surface area contributed by atoms with Crippen LogP contribution in [-0.4, -0.2) is 82.8 Å². The van der Waals surface area contributed by atoms with E-state index in [0.29, 0.717) is 44.9 Å². The fourth-order valence-corrected chi connectivity index (χ4v) is 9.22. The Morgan fingerprint density at radius 3 is 1.70 bits per heavy atom. The van der Waals surface area contributed by atoms with Crippen molar-refractivity contribution in [3.63, 3.8) is 0 Å². The maximum atomic E-state index is 14.3. The maximum Gasteiger partial charge on any atom is 0.329 e. The van der Waals surface area contributed by atoms with Crippen LogP contribution in [0.1, 0.15) is 156 Å². The van der Waals surface area contributed by atoms with Gasteiger partial charge >= 0.3 is 29.9 Å². The van der Waals surface area contributed by atoms with Gasteiger partial charge in [-0.1, -0.05) is 76.6 Å². The highest BCUT2D eigenvalue weighted by Gasteiger charge is 2.34. The number of nitrogens with one attached hydrogen (secondary N) is 2. The van der Waals surface area contributed by atoms with Crippen LogP contribution in [0.15, 0.2) is 77.3 Å². The van der Waals surface area contributed by atoms with Crippen LogP contribution in [0.2, 0.25) is 0 Å². The van der Waals surface area contributed by atoms with Gasteiger partial charge in [-0.2, -0.15) is 0 Å². The molecule has 0 radical (unpaired) electrons. The number of hydrogen-bond donors (Lipinski definition) is 2. The van der Waals surface area contributed by atoms with Crippen LogP contribution in [0.3, 0.4) is 0 Å². The molecule has 2 N–H and O–H groups in total. The summed E-state index contributed by atoms with van der Waals surface area (Å²) >= 11 is 3.51. The topological polar surface area (TPSA) is 167 Å². The molecule has 376 valence electrons. The molecule has 0 bridgehead atoms. The minimum atomic E-state index is -1.20. The Kier molecular flexibility index (Phi) is 19.5. The Morgan fingerprint density at radius 1 is 0.638 bits per heavy atom. The zero-order chi connectivity index (χ0) is 50.5. The van der Waals surface area contributed by atoms with Crippen LogP contribution in [-0.2, 0) is 49.5 Å². The third-order valence-corrected chi connectivity index (χ3v) is 12.7. The van der Waals surface area contributed by atoms with Crippen LogP contribution in [0.4, 0.5) is 4.79 Å². The van der Waals surface area contributed by atoms with Crippen LogP contribution in [0.25, 0.3) is 11.1 Å². The number of carbonyl (C=O) groups is 6. The van der Waals surface area contributed by atoms with Crippen LogP contribution < -0.4 is 10.6 Å². The molecule has 3 aromatic rings. The largest absolute Gasteiger partial charge is 0.465 e. The third kappa shape index (κ3) is 17.9. The van der Waals surface area contributed by atoms with Crippen molar-refractivity contribution in [3.8, 4) is 11.1 Å². The van der Waals surface area contributed by atoms with Gasteiger partial charge in [-0.05, 0) is 166 Å². The minimum Gasteiger partial charge on any atom is -0.465 e. The Morgan fingerprint density at radius 2 is 1.16 bits per heavy atom. The Bertz CT molecular complexity index is 2190. The van der Waals surface area contributed by atoms with Crippen LogP contribution in [0.5, 0.6) is 0 Å². The number of rotatable bonds is 20. The summed E-state index contributed by atoms with van der Waals surface area (Å²) in [7, 11) is 0. The quantitative estimate of drug-likeness (QED) is 0.0632. The van der Waals surface area contributed by atoms with E-state index in [0.717, 1.165) is 42.1 Å². The lowest BCUT2D eigenvalue weighted by Crippen LogP contribution is -2.53. The summed E-state index contributed by atoms with van der Waals surface area (Å²) in [5, 5.41) is 5.32. The van der Waals surface area contributed by atoms with E-state index in [1.165, 1.54) is 22.3 Å². The Labute approximate surface area is 417 Å². The minimum absolute atomic E-state index is 0.0210. The molecular weight excluding hydrogens is 943 g/mol. The van der Waals surface area contributed by atoms with Crippen molar-refractivity contribution in [3.05, 3.63) is 94.0 Å². The summed E-state index contributed by atoms with van der Waals surface area (Å²) in [5.41, 5.74) is 3.32. The first-order valence-electron chi connectivity index (χ1n) is 24.6. The van der Waals surface area contributed by atoms with Crippen molar-refractivity contribution >= 4 is 51.7 Å². The van der Waals surface area contributed by atoms with E-state index in [1.807, 2.05) is 53.4 Å². The second kappa shape index (κ2) is 24.5. The summed E-state index contributed by atoms with van der Waals surface area (Å²) in [6.07, 6.45) is 5.18. The SMILES string of the molecule is CC(C)(C)OC(=O)CC[C@H](NC(=O)N[C@@H](CCCCN(Cc1ccc(Br)cc1)C(=O)C1CCC(CCC(=O)OCC2c3ccccc3-c3ccccc32)CC1)C(=O)OC(C)(C)C)C(=O)OC(C)(C)C. The zero-order valence-electron chi connectivity index (χ0n) is 42.1. The van der Waals surface area contributed by atoms with Gasteiger partial charge in [-0.25, -0.2) is 14.4 Å². The maximum absolute atomic E-state index is 14.3. The third-order valence-electron chi connectivity index (χ3n) is 12.1. The van der Waals surface area contributed by atoms with E-state index >= 15 is 0 Å². The first kappa shape index (κ1) is 54.7. The molecule has 2 atom stereocenters. The number of ether oxygens (including phenoxy) is 4. The molecule has 69 heavy (non-hydrogen) atoms. The second-order valence-corrected chi connectivity index (χ2v) is 22.4. The second-order valence-electron chi connectivity index (χ2n) is 21.5. The molecule has 13 nitrogen and oxygen atoms in total. The molecule has 5 rings (SSSR count). The average molecular weight is 1020 g/mol. The van der Waals surface area contributed by atoms with Crippen LogP contribution >= 0.6 is 15.9 Å². The van der Waals surface area contributed by atoms with Gasteiger partial charge in [-0.15, -0.1) is 0 Å². The van der Waals surface area contributed by atoms with Crippen molar-refractivity contribution in [2.24, 2.45) is 11.8 Å². The van der Waals surface area contributed by atoms with Crippen molar-refractivity contribution in [1.29, 1.82) is 0 Å². The van der Waals surface area contributed by atoms with Crippen molar-refractivity contribution in [2.75, 3.05) is 13.2 Å². The van der Waals surface area contributed by atoms with Crippen molar-refractivity contribution in [2.45, 2.75) is 174 Å². The Balaban J connectivity index is 1.15. The van der Waals surface area contributed by atoms with Gasteiger partial charge in [0.1, 0.15) is 35.5 Å². The monoisotopic (exact) mass is 1020 g/mol. The molecule has 14 heteroatoms.